The summed E-state index contributed by atoms with van der Waals surface area (Å²) in [5.74, 6) is 0. The Morgan fingerprint density at radius 2 is 1.68 bits per heavy atom. The van der Waals surface area contributed by atoms with E-state index in [-0.39, 0.29) is 0 Å². The summed E-state index contributed by atoms with van der Waals surface area (Å²) in [7, 11) is 0. The van der Waals surface area contributed by atoms with Crippen molar-refractivity contribution < 1.29 is 0 Å². The highest BCUT2D eigenvalue weighted by Crippen LogP contribution is 2.19. The van der Waals surface area contributed by atoms with E-state index >= 15 is 0 Å². The smallest absolute Gasteiger partial charge is 0.101 e. The quantitative estimate of drug-likeness (QED) is 0.890. The van der Waals surface area contributed by atoms with E-state index in [0.29, 0.717) is 5.56 Å². The van der Waals surface area contributed by atoms with Crippen LogP contribution in [0.2, 0.25) is 0 Å². The van der Waals surface area contributed by atoms with Crippen molar-refractivity contribution in [1.29, 1.82) is 5.26 Å². The number of nitriles is 1. The van der Waals surface area contributed by atoms with Gasteiger partial charge in [-0.3, -0.25) is 0 Å². The van der Waals surface area contributed by atoms with Crippen LogP contribution in [0.5, 0.6) is 0 Å². The number of benzene rings is 2. The van der Waals surface area contributed by atoms with Crippen molar-refractivity contribution in [3.63, 3.8) is 0 Å². The van der Waals surface area contributed by atoms with E-state index in [1.807, 2.05) is 24.3 Å². The first-order valence-electron chi connectivity index (χ1n) is 6.41. The largest absolute Gasteiger partial charge is 0.380 e. The van der Waals surface area contributed by atoms with Crippen LogP contribution in [0.25, 0.3) is 0 Å². The Kier molecular flexibility index (Phi) is 3.87. The van der Waals surface area contributed by atoms with Gasteiger partial charge in [-0.1, -0.05) is 24.3 Å². The molecule has 0 spiro atoms. The zero-order valence-corrected chi connectivity index (χ0v) is 11.6. The van der Waals surface area contributed by atoms with E-state index in [1.165, 1.54) is 22.3 Å². The van der Waals surface area contributed by atoms with Crippen molar-refractivity contribution >= 4 is 5.69 Å². The molecule has 0 heterocycles. The summed E-state index contributed by atoms with van der Waals surface area (Å²) >= 11 is 0. The van der Waals surface area contributed by atoms with Gasteiger partial charge in [-0.15, -0.1) is 0 Å². The number of nitrogens with zero attached hydrogens (tertiary/aromatic N) is 1. The summed E-state index contributed by atoms with van der Waals surface area (Å²) in [6.07, 6.45) is 0. The van der Waals surface area contributed by atoms with E-state index in [4.69, 9.17) is 5.26 Å². The van der Waals surface area contributed by atoms with Crippen molar-refractivity contribution in [1.82, 2.24) is 0 Å². The van der Waals surface area contributed by atoms with Crippen molar-refractivity contribution in [3.8, 4) is 6.07 Å². The fourth-order valence-electron chi connectivity index (χ4n) is 2.14. The minimum atomic E-state index is 0.684. The Balaban J connectivity index is 2.20. The highest BCUT2D eigenvalue weighted by atomic mass is 14.9. The molecule has 0 aliphatic rings. The zero-order chi connectivity index (χ0) is 13.8. The monoisotopic (exact) mass is 250 g/mol. The molecule has 0 saturated heterocycles. The van der Waals surface area contributed by atoms with E-state index in [1.54, 1.807) is 0 Å². The van der Waals surface area contributed by atoms with Crippen molar-refractivity contribution in [3.05, 3.63) is 64.2 Å². The highest BCUT2D eigenvalue weighted by Gasteiger charge is 2.04. The first-order valence-corrected chi connectivity index (χ1v) is 6.41. The molecule has 0 saturated carbocycles. The number of anilines is 1. The summed E-state index contributed by atoms with van der Waals surface area (Å²) < 4.78 is 0. The van der Waals surface area contributed by atoms with Gasteiger partial charge in [0.15, 0.2) is 0 Å². The van der Waals surface area contributed by atoms with Crippen molar-refractivity contribution in [2.24, 2.45) is 0 Å². The van der Waals surface area contributed by atoms with Crippen LogP contribution in [-0.2, 0) is 6.54 Å². The summed E-state index contributed by atoms with van der Waals surface area (Å²) in [4.78, 5) is 0. The number of nitrogens with one attached hydrogen (secondary N) is 1. The molecule has 19 heavy (non-hydrogen) atoms. The zero-order valence-electron chi connectivity index (χ0n) is 11.6. The molecule has 0 atom stereocenters. The van der Waals surface area contributed by atoms with Crippen LogP contribution in [0.3, 0.4) is 0 Å². The lowest BCUT2D eigenvalue weighted by Gasteiger charge is -2.12. The second-order valence-corrected chi connectivity index (χ2v) is 4.87. The third-order valence-electron chi connectivity index (χ3n) is 3.47. The van der Waals surface area contributed by atoms with Gasteiger partial charge in [0.05, 0.1) is 11.3 Å². The molecule has 2 aromatic rings. The molecule has 0 bridgehead atoms. The van der Waals surface area contributed by atoms with Gasteiger partial charge >= 0.3 is 0 Å². The molecule has 0 aliphatic heterocycles. The summed E-state index contributed by atoms with van der Waals surface area (Å²) in [6.45, 7) is 7.12. The lowest BCUT2D eigenvalue weighted by atomic mass is 10.0. The van der Waals surface area contributed by atoms with Crippen LogP contribution >= 0.6 is 0 Å². The number of hydrogen-bond acceptors (Lipinski definition) is 2. The molecule has 1 N–H and O–H groups in total. The predicted molar refractivity (Wildman–Crippen MR) is 79.1 cm³/mol. The minimum Gasteiger partial charge on any atom is -0.380 e. The molecule has 0 amide bonds. The molecule has 0 radical (unpaired) electrons. The molecule has 0 unspecified atom stereocenters. The third-order valence-corrected chi connectivity index (χ3v) is 3.47. The molecule has 0 aromatic heterocycles. The van der Waals surface area contributed by atoms with Gasteiger partial charge in [-0.2, -0.15) is 5.26 Å². The van der Waals surface area contributed by atoms with Gasteiger partial charge in [-0.05, 0) is 55.2 Å². The number of para-hydroxylation sites is 1. The average Bonchev–Trinajstić information content (AvgIpc) is 2.41. The molecule has 2 aromatic carbocycles. The van der Waals surface area contributed by atoms with Crippen LogP contribution in [0, 0.1) is 32.1 Å². The first kappa shape index (κ1) is 13.2. The van der Waals surface area contributed by atoms with Crippen LogP contribution in [0.15, 0.2) is 36.4 Å². The van der Waals surface area contributed by atoms with Gasteiger partial charge in [-0.25, -0.2) is 0 Å². The second-order valence-electron chi connectivity index (χ2n) is 4.87. The van der Waals surface area contributed by atoms with Crippen LogP contribution in [-0.4, -0.2) is 0 Å². The Morgan fingerprint density at radius 1 is 1.00 bits per heavy atom. The van der Waals surface area contributed by atoms with E-state index in [2.05, 4.69) is 44.3 Å². The Morgan fingerprint density at radius 3 is 2.42 bits per heavy atom. The Labute approximate surface area is 114 Å². The molecule has 96 valence electrons. The maximum atomic E-state index is 9.06. The maximum Gasteiger partial charge on any atom is 0.101 e. The summed E-state index contributed by atoms with van der Waals surface area (Å²) in [5.41, 5.74) is 6.75. The number of hydrogen-bond donors (Lipinski definition) is 1. The Hall–Kier alpha value is -2.27. The van der Waals surface area contributed by atoms with E-state index in [9.17, 15) is 0 Å². The SMILES string of the molecule is Cc1cc(C)c(CNc2ccccc2C#N)cc1C. The molecule has 2 rings (SSSR count). The molecule has 0 fully saturated rings. The van der Waals surface area contributed by atoms with Gasteiger partial charge in [0.25, 0.3) is 0 Å². The van der Waals surface area contributed by atoms with Gasteiger partial charge < -0.3 is 5.32 Å². The van der Waals surface area contributed by atoms with Crippen molar-refractivity contribution in [2.75, 3.05) is 5.32 Å². The van der Waals surface area contributed by atoms with Crippen molar-refractivity contribution in [2.45, 2.75) is 27.3 Å². The Bertz CT molecular complexity index is 636. The fourth-order valence-corrected chi connectivity index (χ4v) is 2.14. The predicted octanol–water partition coefficient (Wildman–Crippen LogP) is 4.10. The van der Waals surface area contributed by atoms with Gasteiger partial charge in [0.2, 0.25) is 0 Å². The van der Waals surface area contributed by atoms with Gasteiger partial charge in [0, 0.05) is 6.54 Å². The first-order chi connectivity index (χ1) is 9.11. The molecule has 2 nitrogen and oxygen atoms in total. The maximum absolute atomic E-state index is 9.06. The second kappa shape index (κ2) is 5.58. The minimum absolute atomic E-state index is 0.684. The summed E-state index contributed by atoms with van der Waals surface area (Å²) in [6, 6.07) is 14.2. The standard InChI is InChI=1S/C17H18N2/c1-12-8-14(3)16(9-13(12)2)11-19-17-7-5-4-6-15(17)10-18/h4-9,19H,11H2,1-3H3. The molecular weight excluding hydrogens is 232 g/mol. The van der Waals surface area contributed by atoms with E-state index < -0.39 is 0 Å². The molecule has 0 aliphatic carbocycles. The van der Waals surface area contributed by atoms with Crippen LogP contribution in [0.1, 0.15) is 27.8 Å². The number of rotatable bonds is 3. The average molecular weight is 250 g/mol. The summed E-state index contributed by atoms with van der Waals surface area (Å²) in [5, 5.41) is 12.4. The topological polar surface area (TPSA) is 35.8 Å². The lowest BCUT2D eigenvalue weighted by Crippen LogP contribution is -2.03. The lowest BCUT2D eigenvalue weighted by molar-refractivity contribution is 1.10. The third kappa shape index (κ3) is 2.95. The highest BCUT2D eigenvalue weighted by molar-refractivity contribution is 5.57. The number of aryl methyl sites for hydroxylation is 3. The van der Waals surface area contributed by atoms with Crippen LogP contribution in [0.4, 0.5) is 5.69 Å². The van der Waals surface area contributed by atoms with E-state index in [0.717, 1.165) is 12.2 Å². The molecular formula is C17H18N2. The normalized spacial score (nSPS) is 10.0. The molecule has 2 heteroatoms. The van der Waals surface area contributed by atoms with Crippen LogP contribution < -0.4 is 5.32 Å². The van der Waals surface area contributed by atoms with Gasteiger partial charge in [0.1, 0.15) is 6.07 Å². The fraction of sp³-hybridized carbons (Fsp3) is 0.235.